The van der Waals surface area contributed by atoms with Gasteiger partial charge in [0.2, 0.25) is 0 Å². The predicted molar refractivity (Wildman–Crippen MR) is 37.2 cm³/mol. The first kappa shape index (κ1) is 11.5. The van der Waals surface area contributed by atoms with Crippen LogP contribution < -0.4 is 11.5 Å². The van der Waals surface area contributed by atoms with Gasteiger partial charge >= 0.3 is 21.1 Å². The molecule has 5 heteroatoms. The normalized spacial score (nSPS) is 44.7. The van der Waals surface area contributed by atoms with E-state index in [1.807, 2.05) is 0 Å². The van der Waals surface area contributed by atoms with Crippen molar-refractivity contribution >= 4 is 0 Å². The minimum Gasteiger partial charge on any atom is -0.390 e. The van der Waals surface area contributed by atoms with Gasteiger partial charge in [-0.25, -0.2) is 0 Å². The SMILES string of the molecule is NC1CC(O)C(O)CC1N.[Pt+2]. The quantitative estimate of drug-likeness (QED) is 0.416. The van der Waals surface area contributed by atoms with Crippen LogP contribution >= 0.6 is 0 Å². The molecule has 0 aliphatic heterocycles. The summed E-state index contributed by atoms with van der Waals surface area (Å²) in [7, 11) is 0. The zero-order valence-electron chi connectivity index (χ0n) is 6.09. The molecule has 1 aliphatic rings. The van der Waals surface area contributed by atoms with Gasteiger partial charge in [0.05, 0.1) is 12.2 Å². The second kappa shape index (κ2) is 4.53. The van der Waals surface area contributed by atoms with Crippen molar-refractivity contribution in [2.45, 2.75) is 37.1 Å². The summed E-state index contributed by atoms with van der Waals surface area (Å²) in [5, 5.41) is 18.2. The van der Waals surface area contributed by atoms with E-state index in [4.69, 9.17) is 21.7 Å². The molecule has 4 atom stereocenters. The molecule has 6 N–H and O–H groups in total. The Morgan fingerprint density at radius 3 is 1.45 bits per heavy atom. The average Bonchev–Trinajstić information content (AvgIpc) is 1.84. The van der Waals surface area contributed by atoms with Gasteiger partial charge in [0.25, 0.3) is 0 Å². The molecular weight excluding hydrogens is 327 g/mol. The number of aliphatic hydroxyl groups is 2. The van der Waals surface area contributed by atoms with Gasteiger partial charge in [0.1, 0.15) is 0 Å². The molecule has 1 aliphatic carbocycles. The molecule has 0 aromatic heterocycles. The third kappa shape index (κ3) is 2.80. The first-order valence-electron chi connectivity index (χ1n) is 3.48. The van der Waals surface area contributed by atoms with Crippen LogP contribution in [-0.4, -0.2) is 34.5 Å². The van der Waals surface area contributed by atoms with Gasteiger partial charge in [0, 0.05) is 12.1 Å². The van der Waals surface area contributed by atoms with E-state index in [2.05, 4.69) is 0 Å². The Balaban J connectivity index is 0.000001000. The van der Waals surface area contributed by atoms with E-state index >= 15 is 0 Å². The van der Waals surface area contributed by atoms with Crippen molar-refractivity contribution in [3.63, 3.8) is 0 Å². The maximum atomic E-state index is 9.08. The number of hydrogen-bond donors (Lipinski definition) is 4. The molecule has 68 valence electrons. The summed E-state index contributed by atoms with van der Waals surface area (Å²) in [6.07, 6.45) is -0.561. The van der Waals surface area contributed by atoms with Crippen molar-refractivity contribution in [1.29, 1.82) is 0 Å². The Labute approximate surface area is 80.2 Å². The Bertz CT molecular complexity index is 99.1. The molecule has 0 spiro atoms. The van der Waals surface area contributed by atoms with Gasteiger partial charge < -0.3 is 21.7 Å². The molecule has 0 aromatic rings. The average molecular weight is 341 g/mol. The second-order valence-electron chi connectivity index (χ2n) is 2.93. The zero-order valence-corrected chi connectivity index (χ0v) is 8.36. The molecular formula is C6H14N2O2Pt+2. The monoisotopic (exact) mass is 341 g/mol. The first-order valence-corrected chi connectivity index (χ1v) is 3.48. The largest absolute Gasteiger partial charge is 2.00 e. The molecule has 0 bridgehead atoms. The molecule has 11 heavy (non-hydrogen) atoms. The van der Waals surface area contributed by atoms with E-state index < -0.39 is 12.2 Å². The van der Waals surface area contributed by atoms with Gasteiger partial charge in [-0.3, -0.25) is 0 Å². The Kier molecular flexibility index (Phi) is 4.75. The number of rotatable bonds is 0. The van der Waals surface area contributed by atoms with Crippen LogP contribution in [0.4, 0.5) is 0 Å². The van der Waals surface area contributed by atoms with Crippen molar-refractivity contribution in [2.24, 2.45) is 11.5 Å². The van der Waals surface area contributed by atoms with Crippen LogP contribution in [0.5, 0.6) is 0 Å². The molecule has 4 nitrogen and oxygen atoms in total. The van der Waals surface area contributed by atoms with Gasteiger partial charge in [-0.15, -0.1) is 0 Å². The zero-order chi connectivity index (χ0) is 7.72. The minimum atomic E-state index is -0.685. The van der Waals surface area contributed by atoms with Crippen molar-refractivity contribution < 1.29 is 31.3 Å². The van der Waals surface area contributed by atoms with E-state index in [-0.39, 0.29) is 33.1 Å². The van der Waals surface area contributed by atoms with Crippen LogP contribution in [0.1, 0.15) is 12.8 Å². The van der Waals surface area contributed by atoms with E-state index in [1.54, 1.807) is 0 Å². The van der Waals surface area contributed by atoms with Crippen molar-refractivity contribution in [3.05, 3.63) is 0 Å². The molecule has 0 aromatic carbocycles. The Morgan fingerprint density at radius 1 is 0.909 bits per heavy atom. The fourth-order valence-electron chi connectivity index (χ4n) is 1.22. The fraction of sp³-hybridized carbons (Fsp3) is 1.00. The number of hydrogen-bond acceptors (Lipinski definition) is 4. The predicted octanol–water partition coefficient (Wildman–Crippen LogP) is -1.85. The van der Waals surface area contributed by atoms with E-state index in [9.17, 15) is 0 Å². The van der Waals surface area contributed by atoms with Crippen LogP contribution in [-0.2, 0) is 21.1 Å². The van der Waals surface area contributed by atoms with Crippen molar-refractivity contribution in [3.8, 4) is 0 Å². The summed E-state index contributed by atoms with van der Waals surface area (Å²) in [5.74, 6) is 0. The van der Waals surface area contributed by atoms with Crippen LogP contribution in [0.3, 0.4) is 0 Å². The Hall–Kier alpha value is 0.528. The van der Waals surface area contributed by atoms with Gasteiger partial charge in [-0.1, -0.05) is 0 Å². The number of nitrogens with two attached hydrogens (primary N) is 2. The molecule has 0 heterocycles. The summed E-state index contributed by atoms with van der Waals surface area (Å²) >= 11 is 0. The second-order valence-corrected chi connectivity index (χ2v) is 2.93. The van der Waals surface area contributed by atoms with Crippen LogP contribution in [0.15, 0.2) is 0 Å². The Morgan fingerprint density at radius 2 is 1.18 bits per heavy atom. The molecule has 1 saturated carbocycles. The summed E-state index contributed by atoms with van der Waals surface area (Å²) in [4.78, 5) is 0. The minimum absolute atomic E-state index is 0. The topological polar surface area (TPSA) is 92.5 Å². The van der Waals surface area contributed by atoms with E-state index in [0.717, 1.165) is 0 Å². The molecule has 0 saturated heterocycles. The smallest absolute Gasteiger partial charge is 0.390 e. The fourth-order valence-corrected chi connectivity index (χ4v) is 1.22. The number of aliphatic hydroxyl groups excluding tert-OH is 2. The van der Waals surface area contributed by atoms with E-state index in [0.29, 0.717) is 12.8 Å². The third-order valence-electron chi connectivity index (χ3n) is 2.02. The summed E-state index contributed by atoms with van der Waals surface area (Å²) in [6, 6.07) is -0.336. The maximum absolute atomic E-state index is 9.08. The van der Waals surface area contributed by atoms with Crippen LogP contribution in [0.25, 0.3) is 0 Å². The van der Waals surface area contributed by atoms with E-state index in [1.165, 1.54) is 0 Å². The summed E-state index contributed by atoms with van der Waals surface area (Å²) < 4.78 is 0. The molecule has 0 radical (unpaired) electrons. The molecule has 4 unspecified atom stereocenters. The molecule has 1 fully saturated rings. The van der Waals surface area contributed by atoms with Crippen LogP contribution in [0.2, 0.25) is 0 Å². The maximum Gasteiger partial charge on any atom is 2.00 e. The molecule has 0 amide bonds. The van der Waals surface area contributed by atoms with Crippen molar-refractivity contribution in [1.82, 2.24) is 0 Å². The summed E-state index contributed by atoms with van der Waals surface area (Å²) in [5.41, 5.74) is 11.1. The standard InChI is InChI=1S/C6H14N2O2.Pt/c7-3-1-5(9)6(10)2-4(3)8;/h3-6,9-10H,1-2,7-8H2;/q;+2. The summed E-state index contributed by atoms with van der Waals surface area (Å²) in [6.45, 7) is 0. The van der Waals surface area contributed by atoms with Gasteiger partial charge in [-0.05, 0) is 12.8 Å². The third-order valence-corrected chi connectivity index (χ3v) is 2.02. The van der Waals surface area contributed by atoms with Gasteiger partial charge in [-0.2, -0.15) is 0 Å². The first-order chi connectivity index (χ1) is 4.61. The van der Waals surface area contributed by atoms with Crippen molar-refractivity contribution in [2.75, 3.05) is 0 Å². The van der Waals surface area contributed by atoms with Gasteiger partial charge in [0.15, 0.2) is 0 Å². The van der Waals surface area contributed by atoms with Crippen LogP contribution in [0, 0.1) is 0 Å². The molecule has 1 rings (SSSR count).